The van der Waals surface area contributed by atoms with Crippen molar-refractivity contribution in [3.05, 3.63) is 29.8 Å². The zero-order valence-electron chi connectivity index (χ0n) is 11.6. The molecule has 0 radical (unpaired) electrons. The van der Waals surface area contributed by atoms with E-state index < -0.39 is 0 Å². The van der Waals surface area contributed by atoms with Crippen LogP contribution in [0.2, 0.25) is 0 Å². The first-order valence-electron chi connectivity index (χ1n) is 6.85. The highest BCUT2D eigenvalue weighted by Gasteiger charge is 2.04. The molecule has 1 aromatic carbocycles. The molecular formula is C15H23NO2S. The van der Waals surface area contributed by atoms with Gasteiger partial charge in [-0.25, -0.2) is 0 Å². The molecule has 0 saturated heterocycles. The van der Waals surface area contributed by atoms with Crippen molar-refractivity contribution in [2.75, 3.05) is 19.8 Å². The molecule has 1 aromatic rings. The maximum atomic E-state index is 5.63. The third kappa shape index (κ3) is 6.55. The molecular weight excluding hydrogens is 258 g/mol. The van der Waals surface area contributed by atoms with Crippen LogP contribution in [0.15, 0.2) is 24.3 Å². The molecule has 0 heterocycles. The SMILES string of the molecule is CCCCCCOCCOc1ccccc1C(N)=S. The van der Waals surface area contributed by atoms with Crippen molar-refractivity contribution in [2.45, 2.75) is 32.6 Å². The van der Waals surface area contributed by atoms with Crippen molar-refractivity contribution in [3.8, 4) is 5.75 Å². The molecule has 0 aliphatic heterocycles. The summed E-state index contributed by atoms with van der Waals surface area (Å²) in [4.78, 5) is 0.357. The monoisotopic (exact) mass is 281 g/mol. The van der Waals surface area contributed by atoms with Gasteiger partial charge in [-0.3, -0.25) is 0 Å². The number of ether oxygens (including phenoxy) is 2. The van der Waals surface area contributed by atoms with E-state index in [4.69, 9.17) is 27.4 Å². The number of hydrogen-bond donors (Lipinski definition) is 1. The second-order valence-corrected chi connectivity index (χ2v) is 4.82. The van der Waals surface area contributed by atoms with E-state index in [9.17, 15) is 0 Å². The molecule has 0 spiro atoms. The van der Waals surface area contributed by atoms with Crippen LogP contribution in [-0.4, -0.2) is 24.8 Å². The summed E-state index contributed by atoms with van der Waals surface area (Å²) in [5.41, 5.74) is 6.41. The van der Waals surface area contributed by atoms with E-state index in [0.29, 0.717) is 18.2 Å². The van der Waals surface area contributed by atoms with Crippen LogP contribution >= 0.6 is 12.2 Å². The average molecular weight is 281 g/mol. The maximum Gasteiger partial charge on any atom is 0.129 e. The van der Waals surface area contributed by atoms with Crippen LogP contribution in [0.1, 0.15) is 38.2 Å². The Balaban J connectivity index is 2.17. The second-order valence-electron chi connectivity index (χ2n) is 4.38. The molecule has 19 heavy (non-hydrogen) atoms. The maximum absolute atomic E-state index is 5.63. The van der Waals surface area contributed by atoms with Gasteiger partial charge in [-0.1, -0.05) is 50.5 Å². The number of hydrogen-bond acceptors (Lipinski definition) is 3. The van der Waals surface area contributed by atoms with Crippen molar-refractivity contribution in [1.82, 2.24) is 0 Å². The quantitative estimate of drug-likeness (QED) is 0.528. The van der Waals surface area contributed by atoms with Crippen LogP contribution in [0.5, 0.6) is 5.75 Å². The smallest absolute Gasteiger partial charge is 0.129 e. The van der Waals surface area contributed by atoms with Gasteiger partial charge in [0.05, 0.1) is 12.2 Å². The van der Waals surface area contributed by atoms with Crippen LogP contribution in [0.25, 0.3) is 0 Å². The van der Waals surface area contributed by atoms with E-state index in [2.05, 4.69) is 6.92 Å². The Labute approximate surface area is 121 Å². The van der Waals surface area contributed by atoms with Gasteiger partial charge < -0.3 is 15.2 Å². The minimum atomic E-state index is 0.357. The van der Waals surface area contributed by atoms with Gasteiger partial charge in [0.15, 0.2) is 0 Å². The van der Waals surface area contributed by atoms with Gasteiger partial charge in [0.2, 0.25) is 0 Å². The van der Waals surface area contributed by atoms with Crippen LogP contribution < -0.4 is 10.5 Å². The lowest BCUT2D eigenvalue weighted by Gasteiger charge is -2.10. The molecule has 0 aromatic heterocycles. The Morgan fingerprint density at radius 1 is 1.11 bits per heavy atom. The van der Waals surface area contributed by atoms with E-state index in [1.54, 1.807) is 0 Å². The minimum Gasteiger partial charge on any atom is -0.490 e. The van der Waals surface area contributed by atoms with Gasteiger partial charge in [-0.05, 0) is 18.6 Å². The summed E-state index contributed by atoms with van der Waals surface area (Å²) in [5, 5.41) is 0. The second kappa shape index (κ2) is 9.75. The van der Waals surface area contributed by atoms with Gasteiger partial charge in [-0.15, -0.1) is 0 Å². The normalized spacial score (nSPS) is 10.4. The zero-order chi connectivity index (χ0) is 13.9. The summed E-state index contributed by atoms with van der Waals surface area (Å²) in [6.07, 6.45) is 4.89. The minimum absolute atomic E-state index is 0.357. The average Bonchev–Trinajstić information content (AvgIpc) is 2.42. The zero-order valence-corrected chi connectivity index (χ0v) is 12.4. The summed E-state index contributed by atoms with van der Waals surface area (Å²) in [7, 11) is 0. The highest BCUT2D eigenvalue weighted by atomic mass is 32.1. The topological polar surface area (TPSA) is 44.5 Å². The lowest BCUT2D eigenvalue weighted by atomic mass is 10.2. The van der Waals surface area contributed by atoms with Crippen LogP contribution in [-0.2, 0) is 4.74 Å². The summed E-state index contributed by atoms with van der Waals surface area (Å²) in [5.74, 6) is 0.726. The van der Waals surface area contributed by atoms with Gasteiger partial charge in [0.25, 0.3) is 0 Å². The van der Waals surface area contributed by atoms with E-state index in [0.717, 1.165) is 24.3 Å². The summed E-state index contributed by atoms with van der Waals surface area (Å²) < 4.78 is 11.1. The number of unbranched alkanes of at least 4 members (excludes halogenated alkanes) is 3. The predicted octanol–water partition coefficient (Wildman–Crippen LogP) is 3.30. The number of thiocarbonyl (C=S) groups is 1. The van der Waals surface area contributed by atoms with Crippen LogP contribution in [0, 0.1) is 0 Å². The van der Waals surface area contributed by atoms with Gasteiger partial charge in [0, 0.05) is 6.61 Å². The van der Waals surface area contributed by atoms with Gasteiger partial charge in [0.1, 0.15) is 17.3 Å². The number of para-hydroxylation sites is 1. The molecule has 0 amide bonds. The molecule has 0 unspecified atom stereocenters. The molecule has 0 fully saturated rings. The molecule has 4 heteroatoms. The molecule has 0 atom stereocenters. The molecule has 0 aliphatic rings. The fourth-order valence-electron chi connectivity index (χ4n) is 1.74. The van der Waals surface area contributed by atoms with Crippen LogP contribution in [0.3, 0.4) is 0 Å². The summed E-state index contributed by atoms with van der Waals surface area (Å²) in [6.45, 7) is 4.12. The first kappa shape index (κ1) is 15.9. The summed E-state index contributed by atoms with van der Waals surface area (Å²) in [6, 6.07) is 7.54. The van der Waals surface area contributed by atoms with E-state index in [1.165, 1.54) is 19.3 Å². The number of rotatable bonds is 10. The molecule has 2 N–H and O–H groups in total. The van der Waals surface area contributed by atoms with Gasteiger partial charge >= 0.3 is 0 Å². The lowest BCUT2D eigenvalue weighted by Crippen LogP contribution is -2.13. The van der Waals surface area contributed by atoms with Crippen molar-refractivity contribution in [3.63, 3.8) is 0 Å². The van der Waals surface area contributed by atoms with Crippen molar-refractivity contribution < 1.29 is 9.47 Å². The largest absolute Gasteiger partial charge is 0.490 e. The number of benzene rings is 1. The van der Waals surface area contributed by atoms with E-state index in [1.807, 2.05) is 24.3 Å². The third-order valence-corrected chi connectivity index (χ3v) is 3.00. The lowest BCUT2D eigenvalue weighted by molar-refractivity contribution is 0.0971. The van der Waals surface area contributed by atoms with Crippen LogP contribution in [0.4, 0.5) is 0 Å². The van der Waals surface area contributed by atoms with Crippen molar-refractivity contribution >= 4 is 17.2 Å². The highest BCUT2D eigenvalue weighted by molar-refractivity contribution is 7.80. The molecule has 0 saturated carbocycles. The van der Waals surface area contributed by atoms with Crippen molar-refractivity contribution in [1.29, 1.82) is 0 Å². The Hall–Kier alpha value is -1.13. The summed E-state index contributed by atoms with van der Waals surface area (Å²) >= 11 is 4.98. The Kier molecular flexibility index (Phi) is 8.18. The van der Waals surface area contributed by atoms with Gasteiger partial charge in [-0.2, -0.15) is 0 Å². The highest BCUT2D eigenvalue weighted by Crippen LogP contribution is 2.17. The molecule has 0 bridgehead atoms. The van der Waals surface area contributed by atoms with E-state index in [-0.39, 0.29) is 0 Å². The number of nitrogens with two attached hydrogens (primary N) is 1. The Morgan fingerprint density at radius 2 is 1.89 bits per heavy atom. The predicted molar refractivity (Wildman–Crippen MR) is 82.8 cm³/mol. The molecule has 3 nitrogen and oxygen atoms in total. The molecule has 106 valence electrons. The van der Waals surface area contributed by atoms with Crippen molar-refractivity contribution in [2.24, 2.45) is 5.73 Å². The third-order valence-electron chi connectivity index (χ3n) is 2.78. The first-order valence-corrected chi connectivity index (χ1v) is 7.26. The first-order chi connectivity index (χ1) is 9.25. The molecule has 1 rings (SSSR count). The van der Waals surface area contributed by atoms with E-state index >= 15 is 0 Å². The Morgan fingerprint density at radius 3 is 2.63 bits per heavy atom. The Bertz CT molecular complexity index is 382. The fourth-order valence-corrected chi connectivity index (χ4v) is 1.91. The molecule has 0 aliphatic carbocycles. The fraction of sp³-hybridized carbons (Fsp3) is 0.533. The standard InChI is InChI=1S/C15H23NO2S/c1-2-3-4-7-10-17-11-12-18-14-9-6-5-8-13(14)15(16)19/h5-6,8-9H,2-4,7,10-12H2,1H3,(H2,16,19).